The molecule has 2 aromatic rings. The average molecular weight is 590 g/mol. The molecule has 0 saturated heterocycles. The number of benzene rings is 2. The molecule has 3 aliphatic carbocycles. The summed E-state index contributed by atoms with van der Waals surface area (Å²) in [5.74, 6) is -0.306. The Morgan fingerprint density at radius 2 is 1.27 bits per heavy atom. The summed E-state index contributed by atoms with van der Waals surface area (Å²) in [5, 5.41) is 9.97. The molecule has 0 aromatic heterocycles. The van der Waals surface area contributed by atoms with Crippen molar-refractivity contribution >= 4 is 11.6 Å². The van der Waals surface area contributed by atoms with Gasteiger partial charge in [0, 0.05) is 22.0 Å². The third-order valence-corrected chi connectivity index (χ3v) is 8.01. The highest BCUT2D eigenvalue weighted by Crippen LogP contribution is 2.45. The van der Waals surface area contributed by atoms with Gasteiger partial charge in [0.25, 0.3) is 0 Å². The van der Waals surface area contributed by atoms with Crippen molar-refractivity contribution in [3.8, 4) is 0 Å². The van der Waals surface area contributed by atoms with Crippen LogP contribution in [0.5, 0.6) is 0 Å². The molecule has 0 bridgehead atoms. The van der Waals surface area contributed by atoms with Crippen LogP contribution in [0.4, 0.5) is 8.78 Å². The summed E-state index contributed by atoms with van der Waals surface area (Å²) in [6.07, 6.45) is 13.4. The smallest absolute Gasteiger partial charge is 0.123 e. The van der Waals surface area contributed by atoms with Gasteiger partial charge < -0.3 is 16.0 Å². The lowest BCUT2D eigenvalue weighted by atomic mass is 10.0. The number of nitrogens with one attached hydrogen (secondary N) is 3. The largest absolute Gasteiger partial charge is 0.310 e. The Morgan fingerprint density at radius 3 is 1.63 bits per heavy atom. The predicted octanol–water partition coefficient (Wildman–Crippen LogP) is 8.99. The van der Waals surface area contributed by atoms with E-state index in [2.05, 4.69) is 35.0 Å². The van der Waals surface area contributed by atoms with E-state index in [0.29, 0.717) is 0 Å². The van der Waals surface area contributed by atoms with Gasteiger partial charge >= 0.3 is 0 Å². The van der Waals surface area contributed by atoms with Crippen molar-refractivity contribution in [1.82, 2.24) is 16.0 Å². The SMILES string of the molecule is C/C=C(\C=C/C(C)Cl)C1(NC)CC1.CC.CC.CNC1(c2ccc(F)cc2)CC1.CNC1(c2cccc(F)c2)CC1. The molecule has 0 radical (unpaired) electrons. The second-order valence-electron chi connectivity index (χ2n) is 10.3. The first kappa shape index (κ1) is 37.0. The minimum atomic E-state index is -0.161. The van der Waals surface area contributed by atoms with Crippen molar-refractivity contribution in [3.05, 3.63) is 95.1 Å². The van der Waals surface area contributed by atoms with Crippen LogP contribution in [0.2, 0.25) is 0 Å². The van der Waals surface area contributed by atoms with Gasteiger partial charge in [-0.05, 0) is 114 Å². The maximum absolute atomic E-state index is 12.8. The van der Waals surface area contributed by atoms with Crippen molar-refractivity contribution in [1.29, 1.82) is 0 Å². The molecule has 230 valence electrons. The lowest BCUT2D eigenvalue weighted by molar-refractivity contribution is 0.571. The van der Waals surface area contributed by atoms with Crippen molar-refractivity contribution in [2.75, 3.05) is 21.1 Å². The zero-order valence-corrected chi connectivity index (χ0v) is 27.6. The molecule has 3 nitrogen and oxygen atoms in total. The molecule has 2 aromatic carbocycles. The number of hydrogen-bond acceptors (Lipinski definition) is 3. The molecular weight excluding hydrogens is 536 g/mol. The van der Waals surface area contributed by atoms with Gasteiger partial charge in [0.2, 0.25) is 0 Å². The number of allylic oxidation sites excluding steroid dienone is 2. The summed E-state index contributed by atoms with van der Waals surface area (Å²) in [6, 6.07) is 13.6. The molecule has 3 aliphatic rings. The van der Waals surface area contributed by atoms with Gasteiger partial charge in [-0.2, -0.15) is 0 Å². The van der Waals surface area contributed by atoms with Gasteiger partial charge in [0.15, 0.2) is 0 Å². The Balaban J connectivity index is 0.000000289. The second kappa shape index (κ2) is 17.8. The zero-order valence-electron chi connectivity index (χ0n) is 26.8. The van der Waals surface area contributed by atoms with Crippen LogP contribution in [-0.4, -0.2) is 32.1 Å². The first-order chi connectivity index (χ1) is 19.7. The number of halogens is 3. The fourth-order valence-electron chi connectivity index (χ4n) is 4.75. The second-order valence-corrected chi connectivity index (χ2v) is 11.0. The zero-order chi connectivity index (χ0) is 31.1. The van der Waals surface area contributed by atoms with Crippen LogP contribution in [0, 0.1) is 11.6 Å². The molecular formula is C35H54ClF2N3. The van der Waals surface area contributed by atoms with Gasteiger partial charge in [-0.25, -0.2) is 8.78 Å². The molecule has 0 spiro atoms. The van der Waals surface area contributed by atoms with Crippen molar-refractivity contribution in [2.45, 2.75) is 102 Å². The summed E-state index contributed by atoms with van der Waals surface area (Å²) < 4.78 is 25.4. The van der Waals surface area contributed by atoms with Crippen LogP contribution in [0.1, 0.15) is 91.2 Å². The molecule has 41 heavy (non-hydrogen) atoms. The molecule has 5 rings (SSSR count). The fraction of sp³-hybridized carbons (Fsp3) is 0.543. The molecule has 0 heterocycles. The summed E-state index contributed by atoms with van der Waals surface area (Å²) in [6.45, 7) is 12.1. The molecule has 0 amide bonds. The van der Waals surface area contributed by atoms with Crippen LogP contribution >= 0.6 is 11.6 Å². The minimum absolute atomic E-state index is 0.0854. The summed E-state index contributed by atoms with van der Waals surface area (Å²) in [7, 11) is 5.91. The number of rotatable bonds is 8. The van der Waals surface area contributed by atoms with Gasteiger partial charge in [0.05, 0.1) is 0 Å². The summed E-state index contributed by atoms with van der Waals surface area (Å²) in [5.41, 5.74) is 4.14. The van der Waals surface area contributed by atoms with Crippen molar-refractivity contribution in [3.63, 3.8) is 0 Å². The number of alkyl halides is 1. The van der Waals surface area contributed by atoms with Crippen molar-refractivity contribution in [2.24, 2.45) is 0 Å². The molecule has 3 N–H and O–H groups in total. The molecule has 3 saturated carbocycles. The number of hydrogen-bond donors (Lipinski definition) is 3. The molecule has 3 fully saturated rings. The van der Waals surface area contributed by atoms with Crippen LogP contribution in [0.15, 0.2) is 72.3 Å². The lowest BCUT2D eigenvalue weighted by Crippen LogP contribution is -2.28. The minimum Gasteiger partial charge on any atom is -0.310 e. The molecule has 6 heteroatoms. The Labute approximate surface area is 254 Å². The van der Waals surface area contributed by atoms with Crippen LogP contribution in [0.3, 0.4) is 0 Å². The Morgan fingerprint density at radius 1 is 0.756 bits per heavy atom. The third kappa shape index (κ3) is 10.9. The van der Waals surface area contributed by atoms with E-state index in [9.17, 15) is 8.78 Å². The molecule has 1 atom stereocenters. The van der Waals surface area contributed by atoms with Crippen LogP contribution in [0.25, 0.3) is 0 Å². The van der Waals surface area contributed by atoms with Gasteiger partial charge in [0.1, 0.15) is 11.6 Å². The first-order valence-corrected chi connectivity index (χ1v) is 15.7. The number of likely N-dealkylation sites (N-methyl/N-ethyl adjacent to an activating group) is 1. The van der Waals surface area contributed by atoms with Crippen LogP contribution in [-0.2, 0) is 11.1 Å². The highest BCUT2D eigenvalue weighted by Gasteiger charge is 2.44. The van der Waals surface area contributed by atoms with E-state index < -0.39 is 0 Å². The van der Waals surface area contributed by atoms with Gasteiger partial charge in [-0.15, -0.1) is 11.6 Å². The maximum Gasteiger partial charge on any atom is 0.123 e. The van der Waals surface area contributed by atoms with Gasteiger partial charge in [-0.1, -0.05) is 70.2 Å². The summed E-state index contributed by atoms with van der Waals surface area (Å²) >= 11 is 5.86. The van der Waals surface area contributed by atoms with E-state index in [1.165, 1.54) is 42.2 Å². The highest BCUT2D eigenvalue weighted by atomic mass is 35.5. The van der Waals surface area contributed by atoms with E-state index in [1.54, 1.807) is 12.1 Å². The third-order valence-electron chi connectivity index (χ3n) is 7.86. The lowest BCUT2D eigenvalue weighted by Gasteiger charge is -2.15. The van der Waals surface area contributed by atoms with Crippen LogP contribution < -0.4 is 16.0 Å². The van der Waals surface area contributed by atoms with E-state index in [4.69, 9.17) is 11.6 Å². The average Bonchev–Trinajstić information content (AvgIpc) is 3.89. The van der Waals surface area contributed by atoms with E-state index in [1.807, 2.05) is 80.0 Å². The Bertz CT molecular complexity index is 1070. The standard InChI is InChI=1S/C11H18ClN.2C10H12FN.2C2H6/c1-4-10(6-5-9(2)12)11(13-3)7-8-11;1-12-10(6-7-10)8-2-4-9(11)5-3-8;1-12-10(5-6-10)8-3-2-4-9(11)7-8;2*1-2/h4-6,9,13H,7-8H2,1-3H3;2-5,12H,6-7H2,1H3;2-4,7,12H,5-6H2,1H3;2*1-2H3/b6-5-,10-4+;;;;. The molecule has 0 aliphatic heterocycles. The normalized spacial score (nSPS) is 19.0. The fourth-order valence-corrected chi connectivity index (χ4v) is 4.82. The quantitative estimate of drug-likeness (QED) is 0.212. The van der Waals surface area contributed by atoms with E-state index >= 15 is 0 Å². The Hall–Kier alpha value is -2.05. The highest BCUT2D eigenvalue weighted by molar-refractivity contribution is 6.21. The monoisotopic (exact) mass is 589 g/mol. The Kier molecular flexibility index (Phi) is 16.1. The first-order valence-electron chi connectivity index (χ1n) is 15.3. The van der Waals surface area contributed by atoms with E-state index in [0.717, 1.165) is 31.2 Å². The maximum atomic E-state index is 12.8. The molecule has 1 unspecified atom stereocenters. The summed E-state index contributed by atoms with van der Waals surface area (Å²) in [4.78, 5) is 0. The van der Waals surface area contributed by atoms with E-state index in [-0.39, 0.29) is 33.6 Å². The van der Waals surface area contributed by atoms with Crippen molar-refractivity contribution < 1.29 is 8.78 Å². The van der Waals surface area contributed by atoms with Gasteiger partial charge in [-0.3, -0.25) is 0 Å². The topological polar surface area (TPSA) is 36.1 Å². The predicted molar refractivity (Wildman–Crippen MR) is 175 cm³/mol.